The number of rotatable bonds is 7. The molecule has 6 nitrogen and oxygen atoms in total. The lowest BCUT2D eigenvalue weighted by molar-refractivity contribution is -0.124. The van der Waals surface area contributed by atoms with Gasteiger partial charge in [0.1, 0.15) is 9.88 Å². The van der Waals surface area contributed by atoms with Crippen LogP contribution in [0.15, 0.2) is 24.4 Å². The molecule has 0 radical (unpaired) electrons. The number of hydrogen-bond acceptors (Lipinski definition) is 6. The Hall–Kier alpha value is -2.28. The lowest BCUT2D eigenvalue weighted by Gasteiger charge is -2.07. The zero-order valence-electron chi connectivity index (χ0n) is 14.0. The van der Waals surface area contributed by atoms with E-state index in [1.165, 1.54) is 11.3 Å². The molecule has 1 N–H and O–H groups in total. The van der Waals surface area contributed by atoms with Gasteiger partial charge in [0.05, 0.1) is 11.4 Å². The van der Waals surface area contributed by atoms with E-state index in [9.17, 15) is 9.59 Å². The molecule has 1 amide bonds. The maximum atomic E-state index is 12.1. The fourth-order valence-corrected chi connectivity index (χ4v) is 2.87. The van der Waals surface area contributed by atoms with Crippen molar-refractivity contribution in [3.05, 3.63) is 35.0 Å². The Bertz CT molecular complexity index is 698. The fraction of sp³-hybridized carbons (Fsp3) is 0.412. The molecule has 0 unspecified atom stereocenters. The highest BCUT2D eigenvalue weighted by molar-refractivity contribution is 7.17. The Balaban J connectivity index is 1.91. The summed E-state index contributed by atoms with van der Waals surface area (Å²) in [5.74, 6) is -0.319. The molecule has 24 heavy (non-hydrogen) atoms. The lowest BCUT2D eigenvalue weighted by atomic mass is 10.1. The molecule has 0 aliphatic heterocycles. The SMILES string of the molecule is Cc1nc(-c2ccccn2)sc1C(=O)OCC(=O)NCCC(C)C. The Morgan fingerprint density at radius 3 is 2.79 bits per heavy atom. The Morgan fingerprint density at radius 2 is 2.12 bits per heavy atom. The highest BCUT2D eigenvalue weighted by Gasteiger charge is 2.19. The average molecular weight is 347 g/mol. The molecule has 128 valence electrons. The number of aryl methyl sites for hydroxylation is 1. The van der Waals surface area contributed by atoms with Crippen molar-refractivity contribution in [2.45, 2.75) is 27.2 Å². The summed E-state index contributed by atoms with van der Waals surface area (Å²) in [5.41, 5.74) is 1.28. The predicted octanol–water partition coefficient (Wildman–Crippen LogP) is 2.83. The van der Waals surface area contributed by atoms with Gasteiger partial charge < -0.3 is 10.1 Å². The molecule has 0 saturated carbocycles. The number of amides is 1. The van der Waals surface area contributed by atoms with Crippen molar-refractivity contribution in [1.82, 2.24) is 15.3 Å². The van der Waals surface area contributed by atoms with Crippen molar-refractivity contribution < 1.29 is 14.3 Å². The van der Waals surface area contributed by atoms with Gasteiger partial charge in [-0.1, -0.05) is 19.9 Å². The largest absolute Gasteiger partial charge is 0.451 e. The molecule has 0 atom stereocenters. The van der Waals surface area contributed by atoms with Gasteiger partial charge in [-0.3, -0.25) is 9.78 Å². The van der Waals surface area contributed by atoms with E-state index in [-0.39, 0.29) is 12.5 Å². The van der Waals surface area contributed by atoms with Gasteiger partial charge >= 0.3 is 5.97 Å². The van der Waals surface area contributed by atoms with Crippen molar-refractivity contribution in [2.75, 3.05) is 13.2 Å². The summed E-state index contributed by atoms with van der Waals surface area (Å²) in [7, 11) is 0. The van der Waals surface area contributed by atoms with E-state index in [0.29, 0.717) is 33.7 Å². The number of hydrogen-bond donors (Lipinski definition) is 1. The molecule has 0 aliphatic carbocycles. The molecule has 0 fully saturated rings. The van der Waals surface area contributed by atoms with Gasteiger partial charge in [-0.15, -0.1) is 11.3 Å². The molecule has 2 aromatic heterocycles. The first-order valence-corrected chi connectivity index (χ1v) is 8.61. The minimum absolute atomic E-state index is 0.285. The molecule has 0 saturated heterocycles. The van der Waals surface area contributed by atoms with Crippen molar-refractivity contribution in [3.8, 4) is 10.7 Å². The number of nitrogens with one attached hydrogen (secondary N) is 1. The van der Waals surface area contributed by atoms with Gasteiger partial charge in [0.25, 0.3) is 5.91 Å². The summed E-state index contributed by atoms with van der Waals surface area (Å²) >= 11 is 1.21. The standard InChI is InChI=1S/C17H21N3O3S/c1-11(2)7-9-19-14(21)10-23-17(22)15-12(3)20-16(24-15)13-6-4-5-8-18-13/h4-6,8,11H,7,9-10H2,1-3H3,(H,19,21). The Kier molecular flexibility index (Phi) is 6.43. The quantitative estimate of drug-likeness (QED) is 0.779. The second-order valence-electron chi connectivity index (χ2n) is 5.76. The lowest BCUT2D eigenvalue weighted by Crippen LogP contribution is -2.30. The first-order valence-electron chi connectivity index (χ1n) is 7.80. The van der Waals surface area contributed by atoms with E-state index < -0.39 is 5.97 Å². The van der Waals surface area contributed by atoms with Crippen LogP contribution in [-0.4, -0.2) is 35.0 Å². The topological polar surface area (TPSA) is 81.2 Å². The normalized spacial score (nSPS) is 10.7. The number of ether oxygens (including phenoxy) is 1. The molecule has 0 spiro atoms. The van der Waals surface area contributed by atoms with E-state index in [1.54, 1.807) is 13.1 Å². The predicted molar refractivity (Wildman–Crippen MR) is 92.8 cm³/mol. The van der Waals surface area contributed by atoms with Gasteiger partial charge in [-0.05, 0) is 31.4 Å². The molecular formula is C17H21N3O3S. The number of pyridine rings is 1. The van der Waals surface area contributed by atoms with Crippen molar-refractivity contribution >= 4 is 23.2 Å². The molecule has 0 aliphatic rings. The van der Waals surface area contributed by atoms with Gasteiger partial charge in [-0.25, -0.2) is 9.78 Å². The van der Waals surface area contributed by atoms with Crippen molar-refractivity contribution in [3.63, 3.8) is 0 Å². The van der Waals surface area contributed by atoms with Crippen LogP contribution >= 0.6 is 11.3 Å². The highest BCUT2D eigenvalue weighted by Crippen LogP contribution is 2.26. The third kappa shape index (κ3) is 5.13. The monoisotopic (exact) mass is 347 g/mol. The maximum absolute atomic E-state index is 12.1. The summed E-state index contributed by atoms with van der Waals surface area (Å²) in [6, 6.07) is 5.51. The summed E-state index contributed by atoms with van der Waals surface area (Å²) in [4.78, 5) is 32.8. The van der Waals surface area contributed by atoms with Crippen LogP contribution in [0.2, 0.25) is 0 Å². The minimum atomic E-state index is -0.536. The molecule has 2 aromatic rings. The van der Waals surface area contributed by atoms with Crippen LogP contribution in [0.4, 0.5) is 0 Å². The number of thiazole rings is 1. The number of carbonyl (C=O) groups excluding carboxylic acids is 2. The molecule has 7 heteroatoms. The van der Waals surface area contributed by atoms with Gasteiger partial charge in [0.2, 0.25) is 0 Å². The number of aromatic nitrogens is 2. The number of nitrogens with zero attached hydrogens (tertiary/aromatic N) is 2. The zero-order chi connectivity index (χ0) is 17.5. The first kappa shape index (κ1) is 18.1. The van der Waals surface area contributed by atoms with Crippen LogP contribution in [0, 0.1) is 12.8 Å². The van der Waals surface area contributed by atoms with Crippen molar-refractivity contribution in [2.24, 2.45) is 5.92 Å². The second kappa shape index (κ2) is 8.54. The van der Waals surface area contributed by atoms with Crippen LogP contribution in [0.5, 0.6) is 0 Å². The third-order valence-corrected chi connectivity index (χ3v) is 4.40. The smallest absolute Gasteiger partial charge is 0.350 e. The van der Waals surface area contributed by atoms with Crippen molar-refractivity contribution in [1.29, 1.82) is 0 Å². The van der Waals surface area contributed by atoms with Gasteiger partial charge in [0, 0.05) is 12.7 Å². The molecule has 2 heterocycles. The van der Waals surface area contributed by atoms with Gasteiger partial charge in [-0.2, -0.15) is 0 Å². The van der Waals surface area contributed by atoms with Crippen LogP contribution in [0.25, 0.3) is 10.7 Å². The summed E-state index contributed by atoms with van der Waals surface area (Å²) in [5, 5.41) is 3.38. The highest BCUT2D eigenvalue weighted by atomic mass is 32.1. The molecular weight excluding hydrogens is 326 g/mol. The average Bonchev–Trinajstić information content (AvgIpc) is 2.95. The van der Waals surface area contributed by atoms with E-state index in [1.807, 2.05) is 18.2 Å². The number of esters is 1. The Labute approximate surface area is 145 Å². The van der Waals surface area contributed by atoms with E-state index in [4.69, 9.17) is 4.74 Å². The summed E-state index contributed by atoms with van der Waals surface area (Å²) < 4.78 is 5.08. The second-order valence-corrected chi connectivity index (χ2v) is 6.76. The summed E-state index contributed by atoms with van der Waals surface area (Å²) in [6.45, 7) is 6.20. The molecule has 0 bridgehead atoms. The molecule has 2 rings (SSSR count). The zero-order valence-corrected chi connectivity index (χ0v) is 14.9. The first-order chi connectivity index (χ1) is 11.5. The maximum Gasteiger partial charge on any atom is 0.350 e. The van der Waals surface area contributed by atoms with E-state index >= 15 is 0 Å². The Morgan fingerprint density at radius 1 is 1.33 bits per heavy atom. The third-order valence-electron chi connectivity index (χ3n) is 3.24. The van der Waals surface area contributed by atoms with Crippen LogP contribution < -0.4 is 5.32 Å². The van der Waals surface area contributed by atoms with E-state index in [2.05, 4.69) is 29.1 Å². The fourth-order valence-electron chi connectivity index (χ4n) is 1.93. The molecule has 0 aromatic carbocycles. The van der Waals surface area contributed by atoms with Gasteiger partial charge in [0.15, 0.2) is 6.61 Å². The van der Waals surface area contributed by atoms with Crippen LogP contribution in [0.3, 0.4) is 0 Å². The van der Waals surface area contributed by atoms with E-state index in [0.717, 1.165) is 6.42 Å². The van der Waals surface area contributed by atoms with Crippen LogP contribution in [-0.2, 0) is 9.53 Å². The minimum Gasteiger partial charge on any atom is -0.451 e. The number of carbonyl (C=O) groups is 2. The summed E-state index contributed by atoms with van der Waals surface area (Å²) in [6.07, 6.45) is 2.56. The van der Waals surface area contributed by atoms with Crippen LogP contribution in [0.1, 0.15) is 35.6 Å².